The van der Waals surface area contributed by atoms with Crippen molar-refractivity contribution in [1.82, 2.24) is 10.1 Å². The summed E-state index contributed by atoms with van der Waals surface area (Å²) in [6.07, 6.45) is 2.23. The van der Waals surface area contributed by atoms with E-state index in [4.69, 9.17) is 16.1 Å². The van der Waals surface area contributed by atoms with Crippen LogP contribution in [0, 0.1) is 0 Å². The van der Waals surface area contributed by atoms with Gasteiger partial charge in [0.15, 0.2) is 0 Å². The van der Waals surface area contributed by atoms with E-state index in [0.29, 0.717) is 33.9 Å². The van der Waals surface area contributed by atoms with E-state index in [0.717, 1.165) is 18.4 Å². The summed E-state index contributed by atoms with van der Waals surface area (Å²) >= 11 is 5.83. The van der Waals surface area contributed by atoms with E-state index >= 15 is 0 Å². The third-order valence-corrected chi connectivity index (χ3v) is 4.13. The van der Waals surface area contributed by atoms with Crippen LogP contribution in [-0.2, 0) is 0 Å². The SMILES string of the molecule is O=C(Nc1ccc(Cl)cc1)c1ccc(-c2noc(C3CC3)n2)cc1. The molecule has 1 heterocycles. The van der Waals surface area contributed by atoms with Crippen LogP contribution in [-0.4, -0.2) is 16.0 Å². The zero-order chi connectivity index (χ0) is 16.5. The largest absolute Gasteiger partial charge is 0.339 e. The molecule has 1 saturated carbocycles. The number of carbonyl (C=O) groups excluding carboxylic acids is 1. The lowest BCUT2D eigenvalue weighted by Gasteiger charge is -2.05. The van der Waals surface area contributed by atoms with E-state index in [9.17, 15) is 4.79 Å². The molecule has 1 amide bonds. The Morgan fingerprint density at radius 2 is 1.79 bits per heavy atom. The monoisotopic (exact) mass is 339 g/mol. The van der Waals surface area contributed by atoms with Crippen molar-refractivity contribution < 1.29 is 9.32 Å². The Balaban J connectivity index is 1.47. The van der Waals surface area contributed by atoms with Crippen LogP contribution in [0.15, 0.2) is 53.1 Å². The number of hydrogen-bond acceptors (Lipinski definition) is 4. The van der Waals surface area contributed by atoms with Crippen LogP contribution in [0.3, 0.4) is 0 Å². The standard InChI is InChI=1S/C18H14ClN3O2/c19-14-7-9-15(10-8-14)20-17(23)12-3-1-11(2-4-12)16-21-18(24-22-16)13-5-6-13/h1-4,7-10,13H,5-6H2,(H,20,23). The Morgan fingerprint density at radius 3 is 2.46 bits per heavy atom. The summed E-state index contributed by atoms with van der Waals surface area (Å²) < 4.78 is 5.26. The molecular formula is C18H14ClN3O2. The summed E-state index contributed by atoms with van der Waals surface area (Å²) in [5, 5.41) is 7.45. The number of rotatable bonds is 4. The summed E-state index contributed by atoms with van der Waals surface area (Å²) in [6, 6.07) is 14.1. The Bertz CT molecular complexity index is 868. The number of halogens is 1. The summed E-state index contributed by atoms with van der Waals surface area (Å²) in [7, 11) is 0. The molecule has 3 aromatic rings. The summed E-state index contributed by atoms with van der Waals surface area (Å²) in [6.45, 7) is 0. The first-order valence-corrected chi connectivity index (χ1v) is 8.08. The predicted molar refractivity (Wildman–Crippen MR) is 91.1 cm³/mol. The number of aromatic nitrogens is 2. The van der Waals surface area contributed by atoms with Crippen molar-refractivity contribution in [2.45, 2.75) is 18.8 Å². The molecule has 1 aliphatic carbocycles. The molecule has 4 rings (SSSR count). The minimum Gasteiger partial charge on any atom is -0.339 e. The molecule has 0 aliphatic heterocycles. The lowest BCUT2D eigenvalue weighted by Crippen LogP contribution is -2.11. The molecule has 0 radical (unpaired) electrons. The Hall–Kier alpha value is -2.66. The van der Waals surface area contributed by atoms with Gasteiger partial charge in [0.25, 0.3) is 5.91 Å². The molecule has 0 spiro atoms. The van der Waals surface area contributed by atoms with Crippen LogP contribution in [0.4, 0.5) is 5.69 Å². The Kier molecular flexibility index (Phi) is 3.78. The van der Waals surface area contributed by atoms with Gasteiger partial charge in [-0.15, -0.1) is 0 Å². The van der Waals surface area contributed by atoms with Gasteiger partial charge in [-0.25, -0.2) is 0 Å². The molecule has 1 N–H and O–H groups in total. The molecule has 1 aromatic heterocycles. The van der Waals surface area contributed by atoms with Crippen LogP contribution in [0.5, 0.6) is 0 Å². The van der Waals surface area contributed by atoms with Gasteiger partial charge in [0.2, 0.25) is 11.7 Å². The fourth-order valence-electron chi connectivity index (χ4n) is 2.36. The molecule has 0 bridgehead atoms. The first-order chi connectivity index (χ1) is 11.7. The molecule has 0 unspecified atom stereocenters. The van der Waals surface area contributed by atoms with E-state index in [1.807, 2.05) is 12.1 Å². The van der Waals surface area contributed by atoms with Gasteiger partial charge in [-0.3, -0.25) is 4.79 Å². The third kappa shape index (κ3) is 3.16. The average Bonchev–Trinajstić information content (AvgIpc) is 3.34. The van der Waals surface area contributed by atoms with Gasteiger partial charge in [-0.05, 0) is 49.2 Å². The maximum atomic E-state index is 12.3. The molecule has 0 atom stereocenters. The van der Waals surface area contributed by atoms with E-state index in [2.05, 4.69) is 15.5 Å². The van der Waals surface area contributed by atoms with Crippen molar-refractivity contribution in [1.29, 1.82) is 0 Å². The molecule has 6 heteroatoms. The van der Waals surface area contributed by atoms with Crippen molar-refractivity contribution in [3.8, 4) is 11.4 Å². The quantitative estimate of drug-likeness (QED) is 0.758. The number of nitrogens with one attached hydrogen (secondary N) is 1. The first-order valence-electron chi connectivity index (χ1n) is 7.70. The van der Waals surface area contributed by atoms with Crippen molar-refractivity contribution in [3.05, 3.63) is 65.0 Å². The van der Waals surface area contributed by atoms with Crippen LogP contribution in [0.1, 0.15) is 35.0 Å². The topological polar surface area (TPSA) is 68.0 Å². The number of hydrogen-bond donors (Lipinski definition) is 1. The molecule has 24 heavy (non-hydrogen) atoms. The van der Waals surface area contributed by atoms with E-state index in [1.54, 1.807) is 36.4 Å². The van der Waals surface area contributed by atoms with Gasteiger partial charge in [0, 0.05) is 27.8 Å². The van der Waals surface area contributed by atoms with Crippen LogP contribution in [0.25, 0.3) is 11.4 Å². The lowest BCUT2D eigenvalue weighted by molar-refractivity contribution is 0.102. The molecule has 2 aromatic carbocycles. The summed E-state index contributed by atoms with van der Waals surface area (Å²) in [4.78, 5) is 16.7. The van der Waals surface area contributed by atoms with Crippen molar-refractivity contribution in [2.24, 2.45) is 0 Å². The Morgan fingerprint density at radius 1 is 1.08 bits per heavy atom. The zero-order valence-corrected chi connectivity index (χ0v) is 13.5. The normalized spacial score (nSPS) is 13.7. The van der Waals surface area contributed by atoms with Gasteiger partial charge in [-0.2, -0.15) is 4.98 Å². The third-order valence-electron chi connectivity index (χ3n) is 3.88. The van der Waals surface area contributed by atoms with Crippen molar-refractivity contribution in [3.63, 3.8) is 0 Å². The maximum Gasteiger partial charge on any atom is 0.255 e. The second kappa shape index (κ2) is 6.09. The highest BCUT2D eigenvalue weighted by Gasteiger charge is 2.29. The predicted octanol–water partition coefficient (Wildman–Crippen LogP) is 4.52. The van der Waals surface area contributed by atoms with Crippen molar-refractivity contribution in [2.75, 3.05) is 5.32 Å². The van der Waals surface area contributed by atoms with Gasteiger partial charge in [-0.1, -0.05) is 28.9 Å². The fourth-order valence-corrected chi connectivity index (χ4v) is 2.48. The lowest BCUT2D eigenvalue weighted by atomic mass is 10.1. The maximum absolute atomic E-state index is 12.3. The summed E-state index contributed by atoms with van der Waals surface area (Å²) in [5.41, 5.74) is 2.08. The molecule has 1 fully saturated rings. The van der Waals surface area contributed by atoms with Crippen molar-refractivity contribution >= 4 is 23.2 Å². The van der Waals surface area contributed by atoms with Gasteiger partial charge in [0.1, 0.15) is 0 Å². The fraction of sp³-hybridized carbons (Fsp3) is 0.167. The molecular weight excluding hydrogens is 326 g/mol. The second-order valence-electron chi connectivity index (χ2n) is 5.77. The highest BCUT2D eigenvalue weighted by atomic mass is 35.5. The number of amides is 1. The van der Waals surface area contributed by atoms with Gasteiger partial charge in [0.05, 0.1) is 0 Å². The number of anilines is 1. The van der Waals surface area contributed by atoms with Crippen LogP contribution < -0.4 is 5.32 Å². The van der Waals surface area contributed by atoms with Gasteiger partial charge >= 0.3 is 0 Å². The van der Waals surface area contributed by atoms with Crippen LogP contribution >= 0.6 is 11.6 Å². The highest BCUT2D eigenvalue weighted by Crippen LogP contribution is 2.39. The molecule has 0 saturated heterocycles. The summed E-state index contributed by atoms with van der Waals surface area (Å²) in [5.74, 6) is 1.50. The molecule has 1 aliphatic rings. The Labute approximate surface area is 143 Å². The number of benzene rings is 2. The number of carbonyl (C=O) groups is 1. The second-order valence-corrected chi connectivity index (χ2v) is 6.21. The van der Waals surface area contributed by atoms with E-state index in [-0.39, 0.29) is 5.91 Å². The van der Waals surface area contributed by atoms with Crippen LogP contribution in [0.2, 0.25) is 5.02 Å². The zero-order valence-electron chi connectivity index (χ0n) is 12.7. The minimum atomic E-state index is -0.185. The molecule has 5 nitrogen and oxygen atoms in total. The molecule has 120 valence electrons. The highest BCUT2D eigenvalue weighted by molar-refractivity contribution is 6.30. The minimum absolute atomic E-state index is 0.185. The average molecular weight is 340 g/mol. The van der Waals surface area contributed by atoms with E-state index in [1.165, 1.54) is 0 Å². The van der Waals surface area contributed by atoms with Gasteiger partial charge < -0.3 is 9.84 Å². The smallest absolute Gasteiger partial charge is 0.255 e. The number of nitrogens with zero attached hydrogens (tertiary/aromatic N) is 2. The first kappa shape index (κ1) is 14.9. The van der Waals surface area contributed by atoms with E-state index < -0.39 is 0 Å².